The van der Waals surface area contributed by atoms with Crippen LogP contribution in [0.3, 0.4) is 0 Å². The second kappa shape index (κ2) is 6.95. The van der Waals surface area contributed by atoms with Gasteiger partial charge in [-0.3, -0.25) is 9.59 Å². The van der Waals surface area contributed by atoms with Crippen LogP contribution in [0, 0.1) is 0 Å². The van der Waals surface area contributed by atoms with Crippen molar-refractivity contribution in [1.82, 2.24) is 0 Å². The number of hydrogen-bond donors (Lipinski definition) is 1. The van der Waals surface area contributed by atoms with Crippen molar-refractivity contribution in [2.24, 2.45) is 0 Å². The van der Waals surface area contributed by atoms with Gasteiger partial charge in [0.1, 0.15) is 28.9 Å². The van der Waals surface area contributed by atoms with Gasteiger partial charge < -0.3 is 24.1 Å². The van der Waals surface area contributed by atoms with Crippen LogP contribution in [0.1, 0.15) is 35.4 Å². The van der Waals surface area contributed by atoms with E-state index >= 15 is 0 Å². The summed E-state index contributed by atoms with van der Waals surface area (Å²) >= 11 is 0. The number of carbonyl (C=O) groups excluding carboxylic acids is 2. The highest BCUT2D eigenvalue weighted by Crippen LogP contribution is 2.43. The Balaban J connectivity index is 1.95. The van der Waals surface area contributed by atoms with Crippen LogP contribution in [0.4, 0.5) is 0 Å². The van der Waals surface area contributed by atoms with Crippen molar-refractivity contribution in [3.05, 3.63) is 41.5 Å². The Hall–Kier alpha value is -3.22. The van der Waals surface area contributed by atoms with Crippen molar-refractivity contribution in [3.63, 3.8) is 0 Å². The fraction of sp³-hybridized carbons (Fsp3) is 0.263. The van der Waals surface area contributed by atoms with Gasteiger partial charge in [-0.25, -0.2) is 0 Å². The third-order valence-electron chi connectivity index (χ3n) is 4.02. The molecule has 0 amide bonds. The van der Waals surface area contributed by atoms with Crippen molar-refractivity contribution in [2.45, 2.75) is 19.4 Å². The monoisotopic (exact) mass is 358 g/mol. The number of benzene rings is 2. The molecule has 1 heterocycles. The third-order valence-corrected chi connectivity index (χ3v) is 4.02. The van der Waals surface area contributed by atoms with Crippen LogP contribution in [-0.2, 0) is 4.79 Å². The molecule has 2 aromatic carbocycles. The van der Waals surface area contributed by atoms with Crippen molar-refractivity contribution in [1.29, 1.82) is 0 Å². The van der Waals surface area contributed by atoms with Crippen molar-refractivity contribution in [2.75, 3.05) is 14.2 Å². The number of fused-ring (bicyclic) bond motifs is 1. The first-order chi connectivity index (χ1) is 12.4. The number of methoxy groups -OCH3 is 2. The van der Waals surface area contributed by atoms with Crippen molar-refractivity contribution in [3.8, 4) is 28.7 Å². The van der Waals surface area contributed by atoms with E-state index in [0.29, 0.717) is 17.1 Å². The maximum atomic E-state index is 12.5. The van der Waals surface area contributed by atoms with Gasteiger partial charge in [-0.1, -0.05) is 6.07 Å². The van der Waals surface area contributed by atoms with E-state index in [4.69, 9.17) is 18.9 Å². The number of aromatic hydroxyl groups is 1. The van der Waals surface area contributed by atoms with Crippen LogP contribution in [0.2, 0.25) is 0 Å². The first-order valence-electron chi connectivity index (χ1n) is 7.90. The molecular weight excluding hydrogens is 340 g/mol. The Morgan fingerprint density at radius 2 is 1.92 bits per heavy atom. The molecule has 26 heavy (non-hydrogen) atoms. The molecule has 0 bridgehead atoms. The number of carbonyl (C=O) groups is 2. The molecule has 1 atom stereocenters. The van der Waals surface area contributed by atoms with E-state index in [1.807, 2.05) is 0 Å². The Labute approximate surface area is 150 Å². The summed E-state index contributed by atoms with van der Waals surface area (Å²) < 4.78 is 21.3. The molecule has 0 aliphatic carbocycles. The fourth-order valence-electron chi connectivity index (χ4n) is 2.84. The molecule has 0 saturated heterocycles. The summed E-state index contributed by atoms with van der Waals surface area (Å²) in [6.45, 7) is 1.30. The van der Waals surface area contributed by atoms with Crippen molar-refractivity contribution < 1.29 is 33.6 Å². The number of rotatable bonds is 4. The van der Waals surface area contributed by atoms with E-state index in [9.17, 15) is 14.7 Å². The molecule has 0 radical (unpaired) electrons. The molecule has 3 rings (SSSR count). The van der Waals surface area contributed by atoms with Crippen LogP contribution in [0.15, 0.2) is 30.3 Å². The number of phenolic OH excluding ortho intramolecular Hbond substituents is 1. The van der Waals surface area contributed by atoms with Gasteiger partial charge in [0.2, 0.25) is 0 Å². The number of phenols is 1. The predicted octanol–water partition coefficient (Wildman–Crippen LogP) is 3.04. The van der Waals surface area contributed by atoms with E-state index in [2.05, 4.69) is 0 Å². The minimum Gasteiger partial charge on any atom is -0.507 e. The van der Waals surface area contributed by atoms with Crippen LogP contribution in [-0.4, -0.2) is 31.1 Å². The van der Waals surface area contributed by atoms with Crippen LogP contribution < -0.4 is 18.9 Å². The number of ketones is 1. The second-order valence-corrected chi connectivity index (χ2v) is 5.76. The van der Waals surface area contributed by atoms with E-state index in [0.717, 1.165) is 0 Å². The SMILES string of the molecule is COc1cc(O)c2c(c1)OC(c1ccc(OC(C)=O)c(OC)c1)CC2=O. The van der Waals surface area contributed by atoms with Gasteiger partial charge in [0.15, 0.2) is 17.3 Å². The molecule has 1 aliphatic heterocycles. The Kier molecular flexibility index (Phi) is 4.71. The minimum atomic E-state index is -0.568. The maximum Gasteiger partial charge on any atom is 0.308 e. The molecular formula is C19H18O7. The number of Topliss-reactive ketones (excluding diaryl/α,β-unsaturated/α-hetero) is 1. The lowest BCUT2D eigenvalue weighted by Crippen LogP contribution is -2.20. The van der Waals surface area contributed by atoms with Gasteiger partial charge in [-0.2, -0.15) is 0 Å². The summed E-state index contributed by atoms with van der Waals surface area (Å²) in [6.07, 6.45) is -0.509. The van der Waals surface area contributed by atoms with Gasteiger partial charge in [0, 0.05) is 19.1 Å². The largest absolute Gasteiger partial charge is 0.507 e. The smallest absolute Gasteiger partial charge is 0.308 e. The molecule has 1 N–H and O–H groups in total. The molecule has 0 saturated carbocycles. The quantitative estimate of drug-likeness (QED) is 0.663. The molecule has 7 heteroatoms. The average Bonchev–Trinajstić information content (AvgIpc) is 2.60. The van der Waals surface area contributed by atoms with Crippen molar-refractivity contribution >= 4 is 11.8 Å². The summed E-state index contributed by atoms with van der Waals surface area (Å²) in [4.78, 5) is 23.6. The summed E-state index contributed by atoms with van der Waals surface area (Å²) in [5.74, 6) is 0.406. The molecule has 0 aromatic heterocycles. The van der Waals surface area contributed by atoms with Crippen LogP contribution >= 0.6 is 0 Å². The zero-order valence-electron chi connectivity index (χ0n) is 14.6. The van der Waals surface area contributed by atoms with E-state index in [-0.39, 0.29) is 35.0 Å². The summed E-state index contributed by atoms with van der Waals surface area (Å²) in [6, 6.07) is 7.87. The van der Waals surface area contributed by atoms with Gasteiger partial charge in [0.05, 0.1) is 20.6 Å². The van der Waals surface area contributed by atoms with E-state index < -0.39 is 12.1 Å². The Morgan fingerprint density at radius 3 is 2.58 bits per heavy atom. The lowest BCUT2D eigenvalue weighted by atomic mass is 9.95. The Morgan fingerprint density at radius 1 is 1.15 bits per heavy atom. The van der Waals surface area contributed by atoms with Crippen LogP contribution in [0.25, 0.3) is 0 Å². The average molecular weight is 358 g/mol. The highest BCUT2D eigenvalue weighted by atomic mass is 16.6. The predicted molar refractivity (Wildman–Crippen MR) is 91.3 cm³/mol. The van der Waals surface area contributed by atoms with Crippen LogP contribution in [0.5, 0.6) is 28.7 Å². The molecule has 136 valence electrons. The highest BCUT2D eigenvalue weighted by molar-refractivity contribution is 6.02. The van der Waals surface area contributed by atoms with Gasteiger partial charge >= 0.3 is 5.97 Å². The Bertz CT molecular complexity index is 872. The molecule has 0 fully saturated rings. The number of ether oxygens (including phenoxy) is 4. The van der Waals surface area contributed by atoms with E-state index in [1.165, 1.54) is 27.2 Å². The topological polar surface area (TPSA) is 91.3 Å². The third kappa shape index (κ3) is 3.28. The van der Waals surface area contributed by atoms with E-state index in [1.54, 1.807) is 24.3 Å². The standard InChI is InChI=1S/C19H18O7/c1-10(20)25-15-5-4-11(6-17(15)24-3)16-9-14(22)19-13(21)7-12(23-2)8-18(19)26-16/h4-8,16,21H,9H2,1-3H3. The number of esters is 1. The first-order valence-corrected chi connectivity index (χ1v) is 7.90. The lowest BCUT2D eigenvalue weighted by molar-refractivity contribution is -0.132. The lowest BCUT2D eigenvalue weighted by Gasteiger charge is -2.26. The zero-order valence-corrected chi connectivity index (χ0v) is 14.6. The summed E-state index contributed by atoms with van der Waals surface area (Å²) in [5, 5.41) is 10.0. The highest BCUT2D eigenvalue weighted by Gasteiger charge is 2.31. The maximum absolute atomic E-state index is 12.5. The molecule has 1 unspecified atom stereocenters. The second-order valence-electron chi connectivity index (χ2n) is 5.76. The normalized spacial score (nSPS) is 15.7. The first kappa shape index (κ1) is 17.6. The minimum absolute atomic E-state index is 0.0585. The molecule has 2 aromatic rings. The summed E-state index contributed by atoms with van der Waals surface area (Å²) in [7, 11) is 2.92. The molecule has 0 spiro atoms. The van der Waals surface area contributed by atoms with Gasteiger partial charge in [-0.15, -0.1) is 0 Å². The van der Waals surface area contributed by atoms with Gasteiger partial charge in [-0.05, 0) is 17.7 Å². The summed E-state index contributed by atoms with van der Waals surface area (Å²) in [5.41, 5.74) is 0.824. The number of hydrogen-bond acceptors (Lipinski definition) is 7. The fourth-order valence-corrected chi connectivity index (χ4v) is 2.84. The van der Waals surface area contributed by atoms with Gasteiger partial charge in [0.25, 0.3) is 0 Å². The zero-order chi connectivity index (χ0) is 18.8. The molecule has 1 aliphatic rings. The molecule has 7 nitrogen and oxygen atoms in total.